The second-order valence-corrected chi connectivity index (χ2v) is 8.87. The van der Waals surface area contributed by atoms with Gasteiger partial charge < -0.3 is 10.6 Å². The molecule has 0 radical (unpaired) electrons. The van der Waals surface area contributed by atoms with Gasteiger partial charge in [-0.2, -0.15) is 0 Å². The van der Waals surface area contributed by atoms with E-state index in [0.717, 1.165) is 34.6 Å². The van der Waals surface area contributed by atoms with Crippen LogP contribution >= 0.6 is 0 Å². The molecule has 140 valence electrons. The second kappa shape index (κ2) is 6.69. The van der Waals surface area contributed by atoms with Crippen molar-refractivity contribution in [3.05, 3.63) is 29.3 Å². The highest BCUT2D eigenvalue weighted by Gasteiger charge is 2.50. The summed E-state index contributed by atoms with van der Waals surface area (Å²) in [7, 11) is 0. The fourth-order valence-corrected chi connectivity index (χ4v) is 5.87. The molecule has 0 aromatic heterocycles. The number of anilines is 1. The highest BCUT2D eigenvalue weighted by molar-refractivity contribution is 6.02. The van der Waals surface area contributed by atoms with Gasteiger partial charge in [-0.05, 0) is 81.8 Å². The zero-order chi connectivity index (χ0) is 18.3. The summed E-state index contributed by atoms with van der Waals surface area (Å²) in [5.74, 6) is 2.25. The lowest BCUT2D eigenvalue weighted by Gasteiger charge is -2.57. The standard InChI is InChI=1S/C21H29N3O2/c1-13-3-4-18(14(2)5-13)23-20(26)24-19(25)12-22-21-9-15-6-16(10-21)8-17(7-15)11-21/h3-5,15-17,22H,6-12H2,1-2H3,(H2,23,24,25,26). The lowest BCUT2D eigenvalue weighted by atomic mass is 9.53. The summed E-state index contributed by atoms with van der Waals surface area (Å²) >= 11 is 0. The monoisotopic (exact) mass is 355 g/mol. The fraction of sp³-hybridized carbons (Fsp3) is 0.619. The van der Waals surface area contributed by atoms with Crippen LogP contribution < -0.4 is 16.0 Å². The maximum atomic E-state index is 12.2. The number of carbonyl (C=O) groups is 2. The number of imide groups is 1. The van der Waals surface area contributed by atoms with Gasteiger partial charge in [0.25, 0.3) is 0 Å². The number of amides is 3. The van der Waals surface area contributed by atoms with Crippen molar-refractivity contribution in [1.82, 2.24) is 10.6 Å². The Morgan fingerprint density at radius 1 is 1.04 bits per heavy atom. The molecule has 4 aliphatic carbocycles. The van der Waals surface area contributed by atoms with E-state index in [1.165, 1.54) is 38.5 Å². The van der Waals surface area contributed by atoms with Crippen LogP contribution in [0.2, 0.25) is 0 Å². The molecule has 0 atom stereocenters. The van der Waals surface area contributed by atoms with Crippen LogP contribution in [-0.2, 0) is 4.79 Å². The lowest BCUT2D eigenvalue weighted by Crippen LogP contribution is -2.60. The van der Waals surface area contributed by atoms with E-state index in [4.69, 9.17) is 0 Å². The summed E-state index contributed by atoms with van der Waals surface area (Å²) in [6, 6.07) is 5.35. The van der Waals surface area contributed by atoms with E-state index in [2.05, 4.69) is 16.0 Å². The molecule has 3 N–H and O–H groups in total. The zero-order valence-corrected chi connectivity index (χ0v) is 15.7. The Morgan fingerprint density at radius 2 is 1.65 bits per heavy atom. The first-order valence-corrected chi connectivity index (χ1v) is 9.84. The molecule has 4 aliphatic rings. The van der Waals surface area contributed by atoms with Gasteiger partial charge in [-0.15, -0.1) is 0 Å². The van der Waals surface area contributed by atoms with E-state index in [9.17, 15) is 9.59 Å². The second-order valence-electron chi connectivity index (χ2n) is 8.87. The van der Waals surface area contributed by atoms with Crippen molar-refractivity contribution in [2.45, 2.75) is 57.9 Å². The van der Waals surface area contributed by atoms with Gasteiger partial charge in [0.05, 0.1) is 6.54 Å². The zero-order valence-electron chi connectivity index (χ0n) is 15.7. The number of aryl methyl sites for hydroxylation is 2. The van der Waals surface area contributed by atoms with E-state index in [1.807, 2.05) is 32.0 Å². The Morgan fingerprint density at radius 3 is 2.23 bits per heavy atom. The van der Waals surface area contributed by atoms with Gasteiger partial charge in [-0.3, -0.25) is 10.1 Å². The summed E-state index contributed by atoms with van der Waals surface area (Å²) < 4.78 is 0. The van der Waals surface area contributed by atoms with Crippen molar-refractivity contribution >= 4 is 17.6 Å². The molecule has 0 aliphatic heterocycles. The molecule has 0 saturated heterocycles. The highest BCUT2D eigenvalue weighted by Crippen LogP contribution is 2.55. The van der Waals surface area contributed by atoms with E-state index in [1.54, 1.807) is 0 Å². The Kier molecular flexibility index (Phi) is 4.51. The molecular formula is C21H29N3O2. The smallest absolute Gasteiger partial charge is 0.307 e. The molecule has 4 saturated carbocycles. The molecule has 0 spiro atoms. The number of benzene rings is 1. The van der Waals surface area contributed by atoms with Gasteiger partial charge in [-0.25, -0.2) is 4.79 Å². The van der Waals surface area contributed by atoms with Crippen LogP contribution in [0.5, 0.6) is 0 Å². The van der Waals surface area contributed by atoms with Crippen molar-refractivity contribution < 1.29 is 9.59 Å². The first-order chi connectivity index (χ1) is 12.4. The minimum absolute atomic E-state index is 0.135. The summed E-state index contributed by atoms with van der Waals surface area (Å²) in [6.45, 7) is 4.17. The molecule has 4 fully saturated rings. The highest BCUT2D eigenvalue weighted by atomic mass is 16.2. The predicted octanol–water partition coefficient (Wildman–Crippen LogP) is 3.51. The molecule has 5 rings (SSSR count). The van der Waals surface area contributed by atoms with Crippen LogP contribution in [0.25, 0.3) is 0 Å². The minimum atomic E-state index is -0.464. The molecule has 4 bridgehead atoms. The third-order valence-electron chi connectivity index (χ3n) is 6.55. The summed E-state index contributed by atoms with van der Waals surface area (Å²) in [4.78, 5) is 24.4. The van der Waals surface area contributed by atoms with E-state index >= 15 is 0 Å². The van der Waals surface area contributed by atoms with Gasteiger partial charge in [0.1, 0.15) is 0 Å². The average molecular weight is 355 g/mol. The quantitative estimate of drug-likeness (QED) is 0.774. The molecular weight excluding hydrogens is 326 g/mol. The van der Waals surface area contributed by atoms with Crippen molar-refractivity contribution in [3.8, 4) is 0 Å². The minimum Gasteiger partial charge on any atom is -0.307 e. The summed E-state index contributed by atoms with van der Waals surface area (Å²) in [5, 5.41) is 8.74. The third kappa shape index (κ3) is 3.63. The van der Waals surface area contributed by atoms with Crippen LogP contribution in [-0.4, -0.2) is 24.0 Å². The SMILES string of the molecule is Cc1ccc(NC(=O)NC(=O)CNC23CC4CC(CC(C4)C2)C3)c(C)c1. The van der Waals surface area contributed by atoms with Crippen LogP contribution in [0.4, 0.5) is 10.5 Å². The number of carbonyl (C=O) groups excluding carboxylic acids is 2. The van der Waals surface area contributed by atoms with Gasteiger partial charge in [0, 0.05) is 11.2 Å². The fourth-order valence-electron chi connectivity index (χ4n) is 5.87. The molecule has 5 nitrogen and oxygen atoms in total. The molecule has 0 heterocycles. The number of nitrogens with one attached hydrogen (secondary N) is 3. The van der Waals surface area contributed by atoms with E-state index in [0.29, 0.717) is 0 Å². The number of hydrogen-bond donors (Lipinski definition) is 3. The molecule has 1 aromatic carbocycles. The van der Waals surface area contributed by atoms with E-state index < -0.39 is 6.03 Å². The Hall–Kier alpha value is -1.88. The van der Waals surface area contributed by atoms with Gasteiger partial charge >= 0.3 is 6.03 Å². The first-order valence-electron chi connectivity index (χ1n) is 9.84. The predicted molar refractivity (Wildman–Crippen MR) is 102 cm³/mol. The first kappa shape index (κ1) is 17.5. The third-order valence-corrected chi connectivity index (χ3v) is 6.55. The van der Waals surface area contributed by atoms with Crippen molar-refractivity contribution in [2.24, 2.45) is 17.8 Å². The Balaban J connectivity index is 1.28. The summed E-state index contributed by atoms with van der Waals surface area (Å²) in [5.41, 5.74) is 2.99. The van der Waals surface area contributed by atoms with Gasteiger partial charge in [0.15, 0.2) is 0 Å². The number of hydrogen-bond acceptors (Lipinski definition) is 3. The molecule has 26 heavy (non-hydrogen) atoms. The van der Waals surface area contributed by atoms with Crippen LogP contribution in [0, 0.1) is 31.6 Å². The number of rotatable bonds is 4. The maximum absolute atomic E-state index is 12.2. The maximum Gasteiger partial charge on any atom is 0.325 e. The van der Waals surface area contributed by atoms with Gasteiger partial charge in [-0.1, -0.05) is 17.7 Å². The Bertz CT molecular complexity index is 693. The van der Waals surface area contributed by atoms with Crippen molar-refractivity contribution in [1.29, 1.82) is 0 Å². The van der Waals surface area contributed by atoms with Crippen LogP contribution in [0.3, 0.4) is 0 Å². The molecule has 1 aromatic rings. The molecule has 5 heteroatoms. The Labute approximate surface area is 155 Å². The van der Waals surface area contributed by atoms with Crippen LogP contribution in [0.1, 0.15) is 49.7 Å². The number of urea groups is 1. The van der Waals surface area contributed by atoms with E-state index in [-0.39, 0.29) is 18.0 Å². The normalized spacial score (nSPS) is 31.7. The molecule has 3 amide bonds. The van der Waals surface area contributed by atoms with Crippen LogP contribution in [0.15, 0.2) is 18.2 Å². The lowest BCUT2D eigenvalue weighted by molar-refractivity contribution is -0.120. The largest absolute Gasteiger partial charge is 0.325 e. The molecule has 0 unspecified atom stereocenters. The topological polar surface area (TPSA) is 70.2 Å². The average Bonchev–Trinajstić information content (AvgIpc) is 2.54. The summed E-state index contributed by atoms with van der Waals surface area (Å²) in [6.07, 6.45) is 7.73. The van der Waals surface area contributed by atoms with Gasteiger partial charge in [0.2, 0.25) is 5.91 Å². The van der Waals surface area contributed by atoms with Crippen molar-refractivity contribution in [3.63, 3.8) is 0 Å². The van der Waals surface area contributed by atoms with Crippen molar-refractivity contribution in [2.75, 3.05) is 11.9 Å².